The summed E-state index contributed by atoms with van der Waals surface area (Å²) in [6.45, 7) is 1.94. The van der Waals surface area contributed by atoms with E-state index >= 15 is 0 Å². The van der Waals surface area contributed by atoms with Crippen molar-refractivity contribution in [3.05, 3.63) is 78.0 Å². The summed E-state index contributed by atoms with van der Waals surface area (Å²) in [5.74, 6) is 2.39. The van der Waals surface area contributed by atoms with Gasteiger partial charge in [0.1, 0.15) is 12.4 Å². The van der Waals surface area contributed by atoms with Crippen LogP contribution in [0.2, 0.25) is 0 Å². The lowest BCUT2D eigenvalue weighted by atomic mass is 10.1. The van der Waals surface area contributed by atoms with Crippen molar-refractivity contribution in [3.63, 3.8) is 0 Å². The van der Waals surface area contributed by atoms with Crippen LogP contribution in [0.5, 0.6) is 11.5 Å². The first kappa shape index (κ1) is 19.9. The second-order valence-corrected chi connectivity index (χ2v) is 6.76. The zero-order chi connectivity index (χ0) is 19.8. The zero-order valence-electron chi connectivity index (χ0n) is 16.6. The van der Waals surface area contributed by atoms with Gasteiger partial charge in [-0.05, 0) is 50.0 Å². The average Bonchev–Trinajstić information content (AvgIpc) is 3.24. The first-order chi connectivity index (χ1) is 13.7. The van der Waals surface area contributed by atoms with Crippen LogP contribution < -0.4 is 14.8 Å². The first-order valence-electron chi connectivity index (χ1n) is 9.26. The molecule has 0 aliphatic heterocycles. The Hall–Kier alpha value is -2.83. The summed E-state index contributed by atoms with van der Waals surface area (Å²) in [7, 11) is 5.74. The maximum atomic E-state index is 5.96. The number of benzene rings is 1. The Balaban J connectivity index is 1.60. The van der Waals surface area contributed by atoms with Crippen LogP contribution in [0, 0.1) is 0 Å². The fourth-order valence-corrected chi connectivity index (χ4v) is 2.96. The van der Waals surface area contributed by atoms with Crippen LogP contribution in [0.25, 0.3) is 0 Å². The quantitative estimate of drug-likeness (QED) is 0.578. The van der Waals surface area contributed by atoms with Crippen LogP contribution in [0.4, 0.5) is 0 Å². The third-order valence-electron chi connectivity index (χ3n) is 4.51. The van der Waals surface area contributed by atoms with E-state index < -0.39 is 0 Å². The molecule has 2 heterocycles. The lowest BCUT2D eigenvalue weighted by molar-refractivity contribution is 0.250. The van der Waals surface area contributed by atoms with E-state index in [4.69, 9.17) is 13.9 Å². The van der Waals surface area contributed by atoms with Gasteiger partial charge in [0, 0.05) is 31.0 Å². The Morgan fingerprint density at radius 2 is 2.00 bits per heavy atom. The second-order valence-electron chi connectivity index (χ2n) is 6.76. The van der Waals surface area contributed by atoms with E-state index in [1.54, 1.807) is 25.8 Å². The summed E-state index contributed by atoms with van der Waals surface area (Å²) in [5.41, 5.74) is 2.14. The third kappa shape index (κ3) is 5.34. The van der Waals surface area contributed by atoms with E-state index in [2.05, 4.69) is 15.2 Å². The van der Waals surface area contributed by atoms with Crippen molar-refractivity contribution in [1.29, 1.82) is 0 Å². The highest BCUT2D eigenvalue weighted by atomic mass is 16.5. The predicted molar refractivity (Wildman–Crippen MR) is 108 cm³/mol. The van der Waals surface area contributed by atoms with Crippen LogP contribution in [-0.2, 0) is 13.2 Å². The molecule has 3 aromatic rings. The normalized spacial score (nSPS) is 12.1. The summed E-state index contributed by atoms with van der Waals surface area (Å²) >= 11 is 0. The monoisotopic (exact) mass is 381 g/mol. The van der Waals surface area contributed by atoms with Crippen LogP contribution >= 0.6 is 0 Å². The van der Waals surface area contributed by atoms with Gasteiger partial charge in [0.25, 0.3) is 0 Å². The minimum Gasteiger partial charge on any atom is -0.493 e. The zero-order valence-corrected chi connectivity index (χ0v) is 16.6. The molecule has 0 radical (unpaired) electrons. The number of methoxy groups -OCH3 is 1. The Kier molecular flexibility index (Phi) is 7.06. The maximum Gasteiger partial charge on any atom is 0.161 e. The van der Waals surface area contributed by atoms with Gasteiger partial charge in [-0.2, -0.15) is 0 Å². The van der Waals surface area contributed by atoms with Gasteiger partial charge in [-0.3, -0.25) is 9.88 Å². The largest absolute Gasteiger partial charge is 0.493 e. The van der Waals surface area contributed by atoms with Gasteiger partial charge >= 0.3 is 0 Å². The Morgan fingerprint density at radius 3 is 2.68 bits per heavy atom. The van der Waals surface area contributed by atoms with Gasteiger partial charge in [-0.25, -0.2) is 0 Å². The van der Waals surface area contributed by atoms with Crippen molar-refractivity contribution >= 4 is 0 Å². The SMILES string of the molecule is COc1ccc(CNCC(c2ccco2)N(C)C)cc1OCc1cccnc1. The number of ether oxygens (including phenoxy) is 2. The summed E-state index contributed by atoms with van der Waals surface area (Å²) in [5, 5.41) is 3.50. The molecule has 0 bridgehead atoms. The van der Waals surface area contributed by atoms with E-state index in [0.717, 1.165) is 41.5 Å². The average molecular weight is 381 g/mol. The Labute approximate surface area is 166 Å². The number of furan rings is 1. The number of pyridine rings is 1. The number of nitrogens with zero attached hydrogens (tertiary/aromatic N) is 2. The molecule has 1 unspecified atom stereocenters. The van der Waals surface area contributed by atoms with Crippen molar-refractivity contribution in [3.8, 4) is 11.5 Å². The summed E-state index contributed by atoms with van der Waals surface area (Å²) in [4.78, 5) is 6.26. The minimum absolute atomic E-state index is 0.176. The first-order valence-corrected chi connectivity index (χ1v) is 9.26. The highest BCUT2D eigenvalue weighted by Gasteiger charge is 2.16. The smallest absolute Gasteiger partial charge is 0.161 e. The molecule has 0 fully saturated rings. The molecule has 0 saturated heterocycles. The Morgan fingerprint density at radius 1 is 1.11 bits per heavy atom. The lowest BCUT2D eigenvalue weighted by Gasteiger charge is -2.22. The maximum absolute atomic E-state index is 5.96. The van der Waals surface area contributed by atoms with Crippen molar-refractivity contribution in [2.75, 3.05) is 27.7 Å². The van der Waals surface area contributed by atoms with Gasteiger partial charge in [-0.1, -0.05) is 12.1 Å². The molecule has 1 N–H and O–H groups in total. The molecule has 148 valence electrons. The molecule has 0 spiro atoms. The van der Waals surface area contributed by atoms with Crippen LogP contribution in [0.15, 0.2) is 65.5 Å². The van der Waals surface area contributed by atoms with Crippen molar-refractivity contribution in [2.45, 2.75) is 19.2 Å². The molecular weight excluding hydrogens is 354 g/mol. The fourth-order valence-electron chi connectivity index (χ4n) is 2.96. The topological polar surface area (TPSA) is 59.8 Å². The molecule has 0 amide bonds. The highest BCUT2D eigenvalue weighted by molar-refractivity contribution is 5.43. The predicted octanol–water partition coefficient (Wildman–Crippen LogP) is 3.65. The van der Waals surface area contributed by atoms with Crippen LogP contribution in [-0.4, -0.2) is 37.6 Å². The summed E-state index contributed by atoms with van der Waals surface area (Å²) < 4.78 is 17.0. The third-order valence-corrected chi connectivity index (χ3v) is 4.51. The number of nitrogens with one attached hydrogen (secondary N) is 1. The highest BCUT2D eigenvalue weighted by Crippen LogP contribution is 2.29. The number of hydrogen-bond donors (Lipinski definition) is 1. The van der Waals surface area contributed by atoms with E-state index in [1.165, 1.54) is 0 Å². The van der Waals surface area contributed by atoms with Crippen molar-refractivity contribution in [1.82, 2.24) is 15.2 Å². The molecular formula is C22H27N3O3. The second kappa shape index (κ2) is 9.92. The van der Waals surface area contributed by atoms with Gasteiger partial charge in [0.15, 0.2) is 11.5 Å². The number of aromatic nitrogens is 1. The molecule has 0 aliphatic carbocycles. The van der Waals surface area contributed by atoms with Crippen LogP contribution in [0.1, 0.15) is 22.9 Å². The van der Waals surface area contributed by atoms with Gasteiger partial charge in [0.2, 0.25) is 0 Å². The molecule has 6 nitrogen and oxygen atoms in total. The standard InChI is InChI=1S/C22H27N3O3/c1-25(2)19(20-7-5-11-27-20)15-24-13-17-8-9-21(26-3)22(12-17)28-16-18-6-4-10-23-14-18/h4-12,14,19,24H,13,15-16H2,1-3H3. The molecule has 28 heavy (non-hydrogen) atoms. The summed E-state index contributed by atoms with van der Waals surface area (Å²) in [6, 6.07) is 14.0. The van der Waals surface area contributed by atoms with Crippen LogP contribution in [0.3, 0.4) is 0 Å². The number of rotatable bonds is 10. The van der Waals surface area contributed by atoms with Gasteiger partial charge in [0.05, 0.1) is 19.4 Å². The molecule has 1 aromatic carbocycles. The van der Waals surface area contributed by atoms with E-state index in [0.29, 0.717) is 6.61 Å². The number of likely N-dealkylation sites (N-methyl/N-ethyl adjacent to an activating group) is 1. The van der Waals surface area contributed by atoms with Crippen molar-refractivity contribution < 1.29 is 13.9 Å². The molecule has 3 rings (SSSR count). The molecule has 1 atom stereocenters. The lowest BCUT2D eigenvalue weighted by Crippen LogP contribution is -2.30. The van der Waals surface area contributed by atoms with E-state index in [-0.39, 0.29) is 6.04 Å². The van der Waals surface area contributed by atoms with E-state index in [1.807, 2.05) is 56.6 Å². The molecule has 0 aliphatic rings. The van der Waals surface area contributed by atoms with Gasteiger partial charge < -0.3 is 19.2 Å². The Bertz CT molecular complexity index is 835. The number of hydrogen-bond acceptors (Lipinski definition) is 6. The molecule has 2 aromatic heterocycles. The fraction of sp³-hybridized carbons (Fsp3) is 0.318. The summed E-state index contributed by atoms with van der Waals surface area (Å²) in [6.07, 6.45) is 5.26. The van der Waals surface area contributed by atoms with Crippen molar-refractivity contribution in [2.24, 2.45) is 0 Å². The molecule has 6 heteroatoms. The molecule has 0 saturated carbocycles. The van der Waals surface area contributed by atoms with Gasteiger partial charge in [-0.15, -0.1) is 0 Å². The van der Waals surface area contributed by atoms with E-state index in [9.17, 15) is 0 Å². The minimum atomic E-state index is 0.176.